The summed E-state index contributed by atoms with van der Waals surface area (Å²) in [5, 5.41) is 4.85. The maximum Gasteiger partial charge on any atom is 0.145 e. The first-order valence-corrected chi connectivity index (χ1v) is 8.78. The summed E-state index contributed by atoms with van der Waals surface area (Å²) in [4.78, 5) is 0. The fraction of sp³-hybridized carbons (Fsp3) is 0.217. The van der Waals surface area contributed by atoms with Crippen molar-refractivity contribution in [3.05, 3.63) is 60.2 Å². The van der Waals surface area contributed by atoms with E-state index in [9.17, 15) is 0 Å². The first-order chi connectivity index (χ1) is 11.9. The van der Waals surface area contributed by atoms with Gasteiger partial charge in [-0.25, -0.2) is 0 Å². The van der Waals surface area contributed by atoms with Gasteiger partial charge < -0.3 is 8.98 Å². The molecule has 0 atom stereocenters. The Morgan fingerprint density at radius 1 is 0.800 bits per heavy atom. The molecule has 25 heavy (non-hydrogen) atoms. The van der Waals surface area contributed by atoms with Gasteiger partial charge in [0.1, 0.15) is 11.2 Å². The van der Waals surface area contributed by atoms with E-state index in [1.165, 1.54) is 38.1 Å². The standard InChI is InChI=1S/C23H21NO/c1-23(2,3)14-9-10-17-19(13-14)24(4)18-12-11-16-15-7-5-6-8-20(15)25-22(16)21(17)18/h5-13H,1-4H3. The van der Waals surface area contributed by atoms with Gasteiger partial charge in [0.2, 0.25) is 0 Å². The van der Waals surface area contributed by atoms with Crippen molar-refractivity contribution in [3.63, 3.8) is 0 Å². The second-order valence-corrected chi connectivity index (χ2v) is 7.98. The average molecular weight is 327 g/mol. The topological polar surface area (TPSA) is 18.1 Å². The van der Waals surface area contributed by atoms with Crippen LogP contribution in [0.1, 0.15) is 26.3 Å². The lowest BCUT2D eigenvalue weighted by molar-refractivity contribution is 0.591. The number of aromatic nitrogens is 1. The predicted octanol–water partition coefficient (Wildman–Crippen LogP) is 6.53. The molecule has 0 fully saturated rings. The van der Waals surface area contributed by atoms with Gasteiger partial charge in [0.15, 0.2) is 0 Å². The summed E-state index contributed by atoms with van der Waals surface area (Å²) >= 11 is 0. The number of hydrogen-bond acceptors (Lipinski definition) is 1. The molecular weight excluding hydrogens is 306 g/mol. The monoisotopic (exact) mass is 327 g/mol. The van der Waals surface area contributed by atoms with Crippen LogP contribution in [0.25, 0.3) is 43.7 Å². The van der Waals surface area contributed by atoms with Crippen molar-refractivity contribution in [1.29, 1.82) is 0 Å². The van der Waals surface area contributed by atoms with Crippen LogP contribution in [0.2, 0.25) is 0 Å². The molecule has 3 aromatic carbocycles. The van der Waals surface area contributed by atoms with Crippen LogP contribution in [0.3, 0.4) is 0 Å². The van der Waals surface area contributed by atoms with Gasteiger partial charge in [-0.05, 0) is 35.2 Å². The van der Waals surface area contributed by atoms with Crippen LogP contribution >= 0.6 is 0 Å². The minimum atomic E-state index is 0.138. The van der Waals surface area contributed by atoms with Gasteiger partial charge in [-0.15, -0.1) is 0 Å². The van der Waals surface area contributed by atoms with E-state index in [2.05, 4.69) is 74.9 Å². The van der Waals surface area contributed by atoms with Gasteiger partial charge in [-0.3, -0.25) is 0 Å². The maximum atomic E-state index is 6.27. The summed E-state index contributed by atoms with van der Waals surface area (Å²) in [6.45, 7) is 6.77. The first-order valence-electron chi connectivity index (χ1n) is 8.78. The Kier molecular flexibility index (Phi) is 2.72. The molecule has 2 aromatic heterocycles. The van der Waals surface area contributed by atoms with Crippen molar-refractivity contribution in [3.8, 4) is 0 Å². The molecule has 5 rings (SSSR count). The van der Waals surface area contributed by atoms with Crippen LogP contribution in [0.15, 0.2) is 59.0 Å². The number of rotatable bonds is 0. The second-order valence-electron chi connectivity index (χ2n) is 7.98. The molecule has 0 aliphatic rings. The van der Waals surface area contributed by atoms with E-state index in [1.807, 2.05) is 12.1 Å². The normalized spacial score (nSPS) is 12.8. The molecule has 2 heterocycles. The lowest BCUT2D eigenvalue weighted by Gasteiger charge is -2.19. The quantitative estimate of drug-likeness (QED) is 0.316. The molecule has 0 spiro atoms. The Morgan fingerprint density at radius 3 is 2.36 bits per heavy atom. The number of para-hydroxylation sites is 1. The van der Waals surface area contributed by atoms with Gasteiger partial charge in [0, 0.05) is 28.7 Å². The average Bonchev–Trinajstić information content (AvgIpc) is 3.10. The van der Waals surface area contributed by atoms with Crippen molar-refractivity contribution >= 4 is 43.7 Å². The van der Waals surface area contributed by atoms with E-state index in [0.29, 0.717) is 0 Å². The van der Waals surface area contributed by atoms with Gasteiger partial charge in [-0.2, -0.15) is 0 Å². The largest absolute Gasteiger partial charge is 0.455 e. The minimum absolute atomic E-state index is 0.138. The van der Waals surface area contributed by atoms with Crippen LogP contribution in [0, 0.1) is 0 Å². The molecule has 2 heteroatoms. The zero-order valence-corrected chi connectivity index (χ0v) is 15.1. The third kappa shape index (κ3) is 1.91. The molecule has 0 amide bonds. The first kappa shape index (κ1) is 14.6. The zero-order chi connectivity index (χ0) is 17.3. The van der Waals surface area contributed by atoms with Crippen LogP contribution in [0.4, 0.5) is 0 Å². The lowest BCUT2D eigenvalue weighted by Crippen LogP contribution is -2.10. The Labute approximate surface area is 146 Å². The maximum absolute atomic E-state index is 6.27. The number of nitrogens with zero attached hydrogens (tertiary/aromatic N) is 1. The number of fused-ring (bicyclic) bond motifs is 7. The van der Waals surface area contributed by atoms with Gasteiger partial charge in [-0.1, -0.05) is 51.1 Å². The van der Waals surface area contributed by atoms with Crippen molar-refractivity contribution < 1.29 is 4.42 Å². The van der Waals surface area contributed by atoms with E-state index < -0.39 is 0 Å². The third-order valence-electron chi connectivity index (χ3n) is 5.38. The summed E-state index contributed by atoms with van der Waals surface area (Å²) < 4.78 is 8.56. The Bertz CT molecular complexity index is 1280. The van der Waals surface area contributed by atoms with Crippen molar-refractivity contribution in [2.75, 3.05) is 0 Å². The molecule has 5 aromatic rings. The Morgan fingerprint density at radius 2 is 1.56 bits per heavy atom. The van der Waals surface area contributed by atoms with Crippen LogP contribution < -0.4 is 0 Å². The molecule has 0 aliphatic carbocycles. The SMILES string of the molecule is Cn1c2cc(C(C)(C)C)ccc2c2c3oc4ccccc4c3ccc21. The summed E-state index contributed by atoms with van der Waals surface area (Å²) in [6.07, 6.45) is 0. The molecule has 0 saturated carbocycles. The molecular formula is C23H21NO. The molecule has 0 N–H and O–H groups in total. The molecule has 0 aliphatic heterocycles. The summed E-state index contributed by atoms with van der Waals surface area (Å²) in [5.41, 5.74) is 5.91. The highest BCUT2D eigenvalue weighted by molar-refractivity contribution is 6.23. The van der Waals surface area contributed by atoms with Crippen molar-refractivity contribution in [2.45, 2.75) is 26.2 Å². The van der Waals surface area contributed by atoms with E-state index in [4.69, 9.17) is 4.42 Å². The highest BCUT2D eigenvalue weighted by atomic mass is 16.3. The number of hydrogen-bond donors (Lipinski definition) is 0. The number of benzene rings is 3. The molecule has 0 radical (unpaired) electrons. The highest BCUT2D eigenvalue weighted by Crippen LogP contribution is 2.39. The van der Waals surface area contributed by atoms with Crippen molar-refractivity contribution in [1.82, 2.24) is 4.57 Å². The second kappa shape index (κ2) is 4.66. The van der Waals surface area contributed by atoms with E-state index in [-0.39, 0.29) is 5.41 Å². The Balaban J connectivity index is 1.99. The predicted molar refractivity (Wildman–Crippen MR) is 106 cm³/mol. The lowest BCUT2D eigenvalue weighted by atomic mass is 9.86. The van der Waals surface area contributed by atoms with E-state index >= 15 is 0 Å². The van der Waals surface area contributed by atoms with Gasteiger partial charge >= 0.3 is 0 Å². The summed E-state index contributed by atoms with van der Waals surface area (Å²) in [5.74, 6) is 0. The van der Waals surface area contributed by atoms with E-state index in [1.54, 1.807) is 0 Å². The van der Waals surface area contributed by atoms with Gasteiger partial charge in [0.25, 0.3) is 0 Å². The van der Waals surface area contributed by atoms with Crippen LogP contribution in [-0.2, 0) is 12.5 Å². The molecule has 0 bridgehead atoms. The fourth-order valence-corrected chi connectivity index (χ4v) is 3.94. The number of furan rings is 1. The highest BCUT2D eigenvalue weighted by Gasteiger charge is 2.19. The van der Waals surface area contributed by atoms with Gasteiger partial charge in [0.05, 0.1) is 10.9 Å². The minimum Gasteiger partial charge on any atom is -0.455 e. The fourth-order valence-electron chi connectivity index (χ4n) is 3.94. The van der Waals surface area contributed by atoms with Crippen LogP contribution in [-0.4, -0.2) is 4.57 Å². The molecule has 0 saturated heterocycles. The third-order valence-corrected chi connectivity index (χ3v) is 5.38. The molecule has 0 unspecified atom stereocenters. The molecule has 124 valence electrons. The summed E-state index contributed by atoms with van der Waals surface area (Å²) in [7, 11) is 2.14. The van der Waals surface area contributed by atoms with Crippen LogP contribution in [0.5, 0.6) is 0 Å². The Hall–Kier alpha value is -2.74. The molecule has 2 nitrogen and oxygen atoms in total. The smallest absolute Gasteiger partial charge is 0.145 e. The number of aryl methyl sites for hydroxylation is 1. The van der Waals surface area contributed by atoms with E-state index in [0.717, 1.165) is 11.2 Å². The van der Waals surface area contributed by atoms with Crippen molar-refractivity contribution in [2.24, 2.45) is 7.05 Å². The summed E-state index contributed by atoms with van der Waals surface area (Å²) in [6, 6.07) is 19.5. The zero-order valence-electron chi connectivity index (χ0n) is 15.1.